The van der Waals surface area contributed by atoms with Crippen molar-refractivity contribution in [2.75, 3.05) is 13.6 Å². The monoisotopic (exact) mass is 536 g/mol. The molecule has 1 aromatic heterocycles. The molecule has 0 aliphatic carbocycles. The van der Waals surface area contributed by atoms with Gasteiger partial charge >= 0.3 is 0 Å². The van der Waals surface area contributed by atoms with E-state index in [-0.39, 0.29) is 25.3 Å². The Balaban J connectivity index is 1.50. The Morgan fingerprint density at radius 3 is 2.54 bits per heavy atom. The number of aliphatic hydroxyl groups is 1. The summed E-state index contributed by atoms with van der Waals surface area (Å²) in [5.74, 6) is -2.78. The number of aromatic nitrogens is 1. The van der Waals surface area contributed by atoms with Crippen LogP contribution in [0.5, 0.6) is 0 Å². The highest BCUT2D eigenvalue weighted by molar-refractivity contribution is 5.90. The lowest BCUT2D eigenvalue weighted by atomic mass is 9.92. The number of nitrogens with one attached hydrogen (secondary N) is 2. The largest absolute Gasteiger partial charge is 0.390 e. The molecule has 0 spiro atoms. The average Bonchev–Trinajstić information content (AvgIpc) is 3.22. The Morgan fingerprint density at radius 2 is 1.85 bits per heavy atom. The fourth-order valence-corrected chi connectivity index (χ4v) is 5.13. The second-order valence-corrected chi connectivity index (χ2v) is 10.0. The molecule has 1 saturated heterocycles. The first kappa shape index (κ1) is 28.3. The van der Waals surface area contributed by atoms with E-state index in [1.54, 1.807) is 25.5 Å². The fourth-order valence-electron chi connectivity index (χ4n) is 5.13. The Hall–Kier alpha value is -3.69. The van der Waals surface area contributed by atoms with Gasteiger partial charge in [-0.2, -0.15) is 0 Å². The zero-order valence-electron chi connectivity index (χ0n) is 22.1. The Morgan fingerprint density at radius 1 is 1.10 bits per heavy atom. The van der Waals surface area contributed by atoms with Gasteiger partial charge < -0.3 is 20.6 Å². The Bertz CT molecular complexity index is 1270. The lowest BCUT2D eigenvalue weighted by Crippen LogP contribution is -2.50. The molecule has 7 nitrogen and oxygen atoms in total. The molecule has 9 heteroatoms. The molecule has 0 saturated carbocycles. The lowest BCUT2D eigenvalue weighted by molar-refractivity contribution is -0.129. The first-order chi connectivity index (χ1) is 18.7. The van der Waals surface area contributed by atoms with E-state index >= 15 is 0 Å². The quantitative estimate of drug-likeness (QED) is 0.350. The molecule has 39 heavy (non-hydrogen) atoms. The third kappa shape index (κ3) is 7.25. The number of nitrogens with zero attached hydrogens (tertiary/aromatic N) is 2. The van der Waals surface area contributed by atoms with Crippen molar-refractivity contribution in [1.29, 1.82) is 0 Å². The molecular weight excluding hydrogens is 502 g/mol. The number of aryl methyl sites for hydroxylation is 1. The van der Waals surface area contributed by atoms with E-state index in [9.17, 15) is 23.5 Å². The number of pyridine rings is 1. The molecular formula is C30H34F2N4O3. The molecule has 1 fully saturated rings. The molecule has 0 unspecified atom stereocenters. The van der Waals surface area contributed by atoms with Crippen molar-refractivity contribution in [2.45, 2.75) is 50.9 Å². The normalized spacial score (nSPS) is 18.7. The summed E-state index contributed by atoms with van der Waals surface area (Å²) in [5, 5.41) is 17.2. The van der Waals surface area contributed by atoms with Gasteiger partial charge in [-0.3, -0.25) is 14.6 Å². The van der Waals surface area contributed by atoms with Crippen molar-refractivity contribution in [3.63, 3.8) is 0 Å². The first-order valence-electron chi connectivity index (χ1n) is 13.1. The summed E-state index contributed by atoms with van der Waals surface area (Å²) >= 11 is 0. The highest BCUT2D eigenvalue weighted by atomic mass is 19.1. The van der Waals surface area contributed by atoms with Crippen molar-refractivity contribution in [1.82, 2.24) is 20.5 Å². The molecule has 206 valence electrons. The topological polar surface area (TPSA) is 94.6 Å². The van der Waals surface area contributed by atoms with E-state index in [0.717, 1.165) is 23.6 Å². The Kier molecular flexibility index (Phi) is 9.37. The highest BCUT2D eigenvalue weighted by Gasteiger charge is 2.43. The second kappa shape index (κ2) is 12.9. The molecule has 4 rings (SSSR count). The molecule has 4 atom stereocenters. The maximum Gasteiger partial charge on any atom is 0.226 e. The third-order valence-electron chi connectivity index (χ3n) is 7.20. The van der Waals surface area contributed by atoms with Crippen LogP contribution in [0.4, 0.5) is 8.78 Å². The summed E-state index contributed by atoms with van der Waals surface area (Å²) in [6.07, 6.45) is 3.09. The van der Waals surface area contributed by atoms with Crippen LogP contribution in [0.2, 0.25) is 0 Å². The molecule has 0 bridgehead atoms. The summed E-state index contributed by atoms with van der Waals surface area (Å²) in [5.41, 5.74) is 3.29. The van der Waals surface area contributed by atoms with Crippen molar-refractivity contribution in [3.05, 3.63) is 101 Å². The summed E-state index contributed by atoms with van der Waals surface area (Å²) in [4.78, 5) is 31.8. The van der Waals surface area contributed by atoms with Crippen LogP contribution in [0.25, 0.3) is 0 Å². The van der Waals surface area contributed by atoms with E-state index in [2.05, 4.69) is 28.6 Å². The number of carbonyl (C=O) groups is 2. The highest BCUT2D eigenvalue weighted by Crippen LogP contribution is 2.37. The minimum Gasteiger partial charge on any atom is -0.390 e. The number of aliphatic hydroxyl groups excluding tert-OH is 1. The lowest BCUT2D eigenvalue weighted by Gasteiger charge is -2.29. The van der Waals surface area contributed by atoms with E-state index in [1.165, 1.54) is 22.6 Å². The van der Waals surface area contributed by atoms with Crippen molar-refractivity contribution in [2.24, 2.45) is 5.92 Å². The van der Waals surface area contributed by atoms with Gasteiger partial charge in [-0.25, -0.2) is 8.78 Å². The van der Waals surface area contributed by atoms with Crippen LogP contribution >= 0.6 is 0 Å². The SMILES string of the molecule is CCc1cccc(CNC[C@@H](O)[C@H](Cc2cc(F)cc(F)c2)NC(=O)[C@H]2CC(=O)N(C)[C@@H]2c2cccnc2)c1. The molecule has 0 radical (unpaired) electrons. The van der Waals surface area contributed by atoms with Gasteiger partial charge in [0.1, 0.15) is 11.6 Å². The second-order valence-electron chi connectivity index (χ2n) is 10.0. The molecule has 2 heterocycles. The number of rotatable bonds is 11. The standard InChI is InChI=1S/C30H34F2N4O3/c1-3-19-6-4-7-20(10-19)16-34-18-27(37)26(13-21-11-23(31)14-24(32)12-21)35-30(39)25-15-28(38)36(2)29(25)22-8-5-9-33-17-22/h4-12,14,17,25-27,29,34,37H,3,13,15-16,18H2,1-2H3,(H,35,39)/t25-,26-,27+,29+/m0/s1. The van der Waals surface area contributed by atoms with Crippen molar-refractivity contribution < 1.29 is 23.5 Å². The maximum atomic E-state index is 13.9. The third-order valence-corrected chi connectivity index (χ3v) is 7.20. The molecule has 2 amide bonds. The van der Waals surface area contributed by atoms with Gasteiger partial charge in [0, 0.05) is 45.0 Å². The van der Waals surface area contributed by atoms with Crippen LogP contribution in [-0.4, -0.2) is 52.5 Å². The van der Waals surface area contributed by atoms with Crippen LogP contribution in [0.1, 0.15) is 41.6 Å². The molecule has 3 N–H and O–H groups in total. The van der Waals surface area contributed by atoms with E-state index < -0.39 is 41.6 Å². The van der Waals surface area contributed by atoms with E-state index in [1.807, 2.05) is 24.3 Å². The van der Waals surface area contributed by atoms with Crippen LogP contribution < -0.4 is 10.6 Å². The van der Waals surface area contributed by atoms with Crippen LogP contribution in [0.15, 0.2) is 67.0 Å². The number of benzene rings is 2. The number of amides is 2. The Labute approximate surface area is 227 Å². The van der Waals surface area contributed by atoms with Gasteiger partial charge in [0.05, 0.1) is 24.1 Å². The van der Waals surface area contributed by atoms with Crippen LogP contribution in [0.3, 0.4) is 0 Å². The first-order valence-corrected chi connectivity index (χ1v) is 13.1. The predicted molar refractivity (Wildman–Crippen MR) is 143 cm³/mol. The summed E-state index contributed by atoms with van der Waals surface area (Å²) in [7, 11) is 1.65. The molecule has 1 aliphatic heterocycles. The van der Waals surface area contributed by atoms with Gasteiger partial charge in [0.2, 0.25) is 11.8 Å². The van der Waals surface area contributed by atoms with Crippen molar-refractivity contribution >= 4 is 11.8 Å². The summed E-state index contributed by atoms with van der Waals surface area (Å²) in [6, 6.07) is 13.4. The summed E-state index contributed by atoms with van der Waals surface area (Å²) in [6.45, 7) is 2.72. The van der Waals surface area contributed by atoms with E-state index in [0.29, 0.717) is 12.1 Å². The minimum absolute atomic E-state index is 0.00263. The average molecular weight is 537 g/mol. The van der Waals surface area contributed by atoms with Gasteiger partial charge in [-0.1, -0.05) is 37.3 Å². The molecule has 1 aliphatic rings. The zero-order valence-corrected chi connectivity index (χ0v) is 22.1. The smallest absolute Gasteiger partial charge is 0.226 e. The van der Waals surface area contributed by atoms with E-state index in [4.69, 9.17) is 0 Å². The minimum atomic E-state index is -1.07. The van der Waals surface area contributed by atoms with Crippen LogP contribution in [0, 0.1) is 17.6 Å². The number of carbonyl (C=O) groups excluding carboxylic acids is 2. The molecule has 2 aromatic carbocycles. The fraction of sp³-hybridized carbons (Fsp3) is 0.367. The number of likely N-dealkylation sites (tertiary alicyclic amines) is 1. The summed E-state index contributed by atoms with van der Waals surface area (Å²) < 4.78 is 27.8. The van der Waals surface area contributed by atoms with Gasteiger partial charge in [-0.15, -0.1) is 0 Å². The number of hydrogen-bond donors (Lipinski definition) is 3. The molecule has 3 aromatic rings. The maximum absolute atomic E-state index is 13.9. The number of halogens is 2. The number of hydrogen-bond acceptors (Lipinski definition) is 5. The zero-order chi connectivity index (χ0) is 27.9. The van der Waals surface area contributed by atoms with Gasteiger partial charge in [0.25, 0.3) is 0 Å². The predicted octanol–water partition coefficient (Wildman–Crippen LogP) is 3.32. The van der Waals surface area contributed by atoms with Crippen molar-refractivity contribution in [3.8, 4) is 0 Å². The van der Waals surface area contributed by atoms with Gasteiger partial charge in [-0.05, 0) is 53.3 Å². The van der Waals surface area contributed by atoms with Gasteiger partial charge in [0.15, 0.2) is 0 Å². The van der Waals surface area contributed by atoms with Crippen LogP contribution in [-0.2, 0) is 29.0 Å².